The Kier molecular flexibility index (Phi) is 6.90. The lowest BCUT2D eigenvalue weighted by molar-refractivity contribution is -0.124. The molecule has 6 heteroatoms. The summed E-state index contributed by atoms with van der Waals surface area (Å²) in [4.78, 5) is 36.7. The van der Waals surface area contributed by atoms with Crippen molar-refractivity contribution in [2.45, 2.75) is 40.2 Å². The summed E-state index contributed by atoms with van der Waals surface area (Å²) < 4.78 is 10.5. The summed E-state index contributed by atoms with van der Waals surface area (Å²) in [7, 11) is 0. The number of benzene rings is 2. The Bertz CT molecular complexity index is 1140. The molecule has 0 fully saturated rings. The molecule has 1 aromatic heterocycles. The van der Waals surface area contributed by atoms with Gasteiger partial charge in [0.25, 0.3) is 5.91 Å². The molecule has 1 N–H and O–H groups in total. The van der Waals surface area contributed by atoms with Gasteiger partial charge in [0.15, 0.2) is 12.0 Å². The van der Waals surface area contributed by atoms with E-state index in [9.17, 15) is 14.4 Å². The van der Waals surface area contributed by atoms with Crippen molar-refractivity contribution in [3.8, 4) is 0 Å². The van der Waals surface area contributed by atoms with Crippen LogP contribution in [-0.2, 0) is 16.0 Å². The van der Waals surface area contributed by atoms with E-state index in [-0.39, 0.29) is 17.2 Å². The fourth-order valence-corrected chi connectivity index (χ4v) is 3.35. The molecular weight excluding hydrogens is 394 g/mol. The van der Waals surface area contributed by atoms with E-state index in [0.29, 0.717) is 16.9 Å². The number of rotatable bonds is 7. The number of hydrogen-bond donors (Lipinski definition) is 1. The SMILES string of the molecule is Cc1ccc2oc(C(=O)OCC(=O)N[C@@H](C)c3ccc(CC(C)C)cc3)cc(=O)c2c1. The van der Waals surface area contributed by atoms with Crippen molar-refractivity contribution in [2.24, 2.45) is 5.92 Å². The number of esters is 1. The van der Waals surface area contributed by atoms with Gasteiger partial charge in [-0.15, -0.1) is 0 Å². The predicted octanol–water partition coefficient (Wildman–Crippen LogP) is 4.33. The molecule has 0 spiro atoms. The van der Waals surface area contributed by atoms with Gasteiger partial charge in [-0.2, -0.15) is 0 Å². The van der Waals surface area contributed by atoms with Crippen LogP contribution in [0.1, 0.15) is 54.1 Å². The molecule has 162 valence electrons. The van der Waals surface area contributed by atoms with Gasteiger partial charge < -0.3 is 14.5 Å². The highest BCUT2D eigenvalue weighted by atomic mass is 16.5. The largest absolute Gasteiger partial charge is 0.450 e. The monoisotopic (exact) mass is 421 g/mol. The average Bonchev–Trinajstić information content (AvgIpc) is 2.72. The molecule has 3 rings (SSSR count). The standard InChI is InChI=1S/C25H27NO5/c1-15(2)11-18-6-8-19(9-7-18)17(4)26-24(28)14-30-25(29)23-13-21(27)20-12-16(3)5-10-22(20)31-23/h5-10,12-13,15,17H,11,14H2,1-4H3,(H,26,28)/t17-/m0/s1. The molecule has 6 nitrogen and oxygen atoms in total. The lowest BCUT2D eigenvalue weighted by atomic mass is 10.00. The van der Waals surface area contributed by atoms with Gasteiger partial charge >= 0.3 is 5.97 Å². The highest BCUT2D eigenvalue weighted by Gasteiger charge is 2.17. The number of nitrogens with one attached hydrogen (secondary N) is 1. The summed E-state index contributed by atoms with van der Waals surface area (Å²) in [5.41, 5.74) is 3.08. The molecule has 0 aliphatic carbocycles. The minimum atomic E-state index is -0.861. The van der Waals surface area contributed by atoms with Gasteiger partial charge in [-0.05, 0) is 49.4 Å². The summed E-state index contributed by atoms with van der Waals surface area (Å²) >= 11 is 0. The van der Waals surface area contributed by atoms with Crippen molar-refractivity contribution >= 4 is 22.8 Å². The Hall–Kier alpha value is -3.41. The zero-order chi connectivity index (χ0) is 22.5. The number of aryl methyl sites for hydroxylation is 1. The first kappa shape index (κ1) is 22.3. The van der Waals surface area contributed by atoms with Crippen LogP contribution >= 0.6 is 0 Å². The van der Waals surface area contributed by atoms with Crippen LogP contribution in [0.4, 0.5) is 0 Å². The summed E-state index contributed by atoms with van der Waals surface area (Å²) in [6.07, 6.45) is 1.00. The van der Waals surface area contributed by atoms with E-state index in [4.69, 9.17) is 9.15 Å². The van der Waals surface area contributed by atoms with Crippen LogP contribution in [-0.4, -0.2) is 18.5 Å². The predicted molar refractivity (Wildman–Crippen MR) is 119 cm³/mol. The maximum absolute atomic E-state index is 12.3. The minimum absolute atomic E-state index is 0.233. The van der Waals surface area contributed by atoms with Crippen LogP contribution < -0.4 is 10.7 Å². The fourth-order valence-electron chi connectivity index (χ4n) is 3.35. The molecule has 0 aliphatic heterocycles. The van der Waals surface area contributed by atoms with E-state index in [2.05, 4.69) is 31.3 Å². The van der Waals surface area contributed by atoms with Gasteiger partial charge in [0.2, 0.25) is 5.76 Å². The smallest absolute Gasteiger partial charge is 0.374 e. The zero-order valence-electron chi connectivity index (χ0n) is 18.2. The Morgan fingerprint density at radius 2 is 1.74 bits per heavy atom. The lowest BCUT2D eigenvalue weighted by Gasteiger charge is -2.15. The van der Waals surface area contributed by atoms with Crippen LogP contribution in [0.15, 0.2) is 57.7 Å². The number of fused-ring (bicyclic) bond motifs is 1. The zero-order valence-corrected chi connectivity index (χ0v) is 18.2. The van der Waals surface area contributed by atoms with E-state index < -0.39 is 18.5 Å². The molecule has 3 aromatic rings. The summed E-state index contributed by atoms with van der Waals surface area (Å²) in [6, 6.07) is 14.0. The molecule has 0 unspecified atom stereocenters. The molecule has 1 heterocycles. The number of amides is 1. The third-order valence-corrected chi connectivity index (χ3v) is 4.92. The molecule has 31 heavy (non-hydrogen) atoms. The molecule has 0 saturated carbocycles. The Labute approximate surface area is 181 Å². The second-order valence-corrected chi connectivity index (χ2v) is 8.18. The molecule has 0 saturated heterocycles. The minimum Gasteiger partial charge on any atom is -0.450 e. The third kappa shape index (κ3) is 5.81. The normalized spacial score (nSPS) is 12.0. The quantitative estimate of drug-likeness (QED) is 0.574. The summed E-state index contributed by atoms with van der Waals surface area (Å²) in [6.45, 7) is 7.59. The molecule has 2 aromatic carbocycles. The number of ether oxygens (including phenoxy) is 1. The van der Waals surface area contributed by atoms with E-state index in [0.717, 1.165) is 23.6 Å². The molecule has 1 amide bonds. The maximum atomic E-state index is 12.3. The molecule has 0 radical (unpaired) electrons. The molecule has 0 bridgehead atoms. The van der Waals surface area contributed by atoms with Gasteiger partial charge in [0.1, 0.15) is 5.58 Å². The number of hydrogen-bond acceptors (Lipinski definition) is 5. The van der Waals surface area contributed by atoms with E-state index >= 15 is 0 Å². The number of carbonyl (C=O) groups is 2. The fraction of sp³-hybridized carbons (Fsp3) is 0.320. The summed E-state index contributed by atoms with van der Waals surface area (Å²) in [5.74, 6) is -0.956. The number of carbonyl (C=O) groups excluding carboxylic acids is 2. The van der Waals surface area contributed by atoms with Gasteiger partial charge in [-0.1, -0.05) is 49.7 Å². The highest BCUT2D eigenvalue weighted by molar-refractivity contribution is 5.90. The Balaban J connectivity index is 1.57. The van der Waals surface area contributed by atoms with Crippen LogP contribution in [0.2, 0.25) is 0 Å². The van der Waals surface area contributed by atoms with E-state index in [1.165, 1.54) is 5.56 Å². The average molecular weight is 421 g/mol. The van der Waals surface area contributed by atoms with Crippen LogP contribution in [0, 0.1) is 12.8 Å². The van der Waals surface area contributed by atoms with Crippen molar-refractivity contribution in [2.75, 3.05) is 6.61 Å². The van der Waals surface area contributed by atoms with Gasteiger partial charge in [0.05, 0.1) is 11.4 Å². The van der Waals surface area contributed by atoms with Gasteiger partial charge in [-0.25, -0.2) is 4.79 Å². The van der Waals surface area contributed by atoms with E-state index in [1.54, 1.807) is 18.2 Å². The second kappa shape index (κ2) is 9.60. The first-order chi connectivity index (χ1) is 14.7. The lowest BCUT2D eigenvalue weighted by Crippen LogP contribution is -2.31. The highest BCUT2D eigenvalue weighted by Crippen LogP contribution is 2.16. The van der Waals surface area contributed by atoms with Crippen molar-refractivity contribution in [3.05, 3.63) is 81.2 Å². The molecule has 0 aliphatic rings. The van der Waals surface area contributed by atoms with Gasteiger partial charge in [0, 0.05) is 6.07 Å². The Morgan fingerprint density at radius 1 is 1.03 bits per heavy atom. The van der Waals surface area contributed by atoms with Crippen molar-refractivity contribution in [3.63, 3.8) is 0 Å². The first-order valence-electron chi connectivity index (χ1n) is 10.3. The molecule has 1 atom stereocenters. The molecular formula is C25H27NO5. The first-order valence-corrected chi connectivity index (χ1v) is 10.3. The van der Waals surface area contributed by atoms with Crippen LogP contribution in [0.25, 0.3) is 11.0 Å². The van der Waals surface area contributed by atoms with E-state index in [1.807, 2.05) is 26.0 Å². The van der Waals surface area contributed by atoms with Crippen molar-refractivity contribution in [1.29, 1.82) is 0 Å². The third-order valence-electron chi connectivity index (χ3n) is 4.92. The van der Waals surface area contributed by atoms with Gasteiger partial charge in [-0.3, -0.25) is 9.59 Å². The maximum Gasteiger partial charge on any atom is 0.374 e. The van der Waals surface area contributed by atoms with Crippen molar-refractivity contribution in [1.82, 2.24) is 5.32 Å². The van der Waals surface area contributed by atoms with Crippen LogP contribution in [0.3, 0.4) is 0 Å². The van der Waals surface area contributed by atoms with Crippen LogP contribution in [0.5, 0.6) is 0 Å². The summed E-state index contributed by atoms with van der Waals surface area (Å²) in [5, 5.41) is 3.19. The Morgan fingerprint density at radius 3 is 2.42 bits per heavy atom. The second-order valence-electron chi connectivity index (χ2n) is 8.18. The van der Waals surface area contributed by atoms with Crippen molar-refractivity contribution < 1.29 is 18.7 Å². The topological polar surface area (TPSA) is 85.6 Å².